The average Bonchev–Trinajstić information content (AvgIpc) is 2.28. The minimum absolute atomic E-state index is 0.305. The Morgan fingerprint density at radius 1 is 1.35 bits per heavy atom. The lowest BCUT2D eigenvalue weighted by Gasteiger charge is -2.09. The van der Waals surface area contributed by atoms with E-state index in [1.165, 1.54) is 17.8 Å². The smallest absolute Gasteiger partial charge is 0.192 e. The third-order valence-electron chi connectivity index (χ3n) is 2.18. The lowest BCUT2D eigenvalue weighted by Crippen LogP contribution is -2.05. The Morgan fingerprint density at radius 3 is 2.59 bits per heavy atom. The zero-order chi connectivity index (χ0) is 12.9. The van der Waals surface area contributed by atoms with Gasteiger partial charge in [-0.3, -0.25) is 0 Å². The van der Waals surface area contributed by atoms with Crippen molar-refractivity contribution in [3.05, 3.63) is 29.3 Å². The molecule has 0 spiro atoms. The van der Waals surface area contributed by atoms with Gasteiger partial charge in [-0.1, -0.05) is 13.3 Å². The maximum Gasteiger partial charge on any atom is 0.416 e. The standard InChI is InChI=1S/C12H12F3NS/c1-2-3-6-17-11-7-10(12(13,14)15)5-4-9(11)8-16/h4-5,7H,2-3,6H2,1H3. The number of alkyl halides is 3. The minimum Gasteiger partial charge on any atom is -0.192 e. The third-order valence-corrected chi connectivity index (χ3v) is 3.33. The van der Waals surface area contributed by atoms with Gasteiger partial charge in [0.05, 0.1) is 11.1 Å². The van der Waals surface area contributed by atoms with Crippen molar-refractivity contribution in [2.75, 3.05) is 5.75 Å². The normalized spacial score (nSPS) is 11.2. The van der Waals surface area contributed by atoms with E-state index in [-0.39, 0.29) is 0 Å². The Kier molecular flexibility index (Phi) is 4.88. The third kappa shape index (κ3) is 3.97. The van der Waals surface area contributed by atoms with Crippen molar-refractivity contribution < 1.29 is 13.2 Å². The Labute approximate surface area is 103 Å². The Hall–Kier alpha value is -1.15. The number of benzene rings is 1. The van der Waals surface area contributed by atoms with Crippen LogP contribution < -0.4 is 0 Å². The second-order valence-electron chi connectivity index (χ2n) is 3.52. The number of halogens is 3. The van der Waals surface area contributed by atoms with Crippen LogP contribution in [-0.4, -0.2) is 5.75 Å². The molecule has 17 heavy (non-hydrogen) atoms. The quantitative estimate of drug-likeness (QED) is 0.588. The first-order valence-electron chi connectivity index (χ1n) is 5.23. The van der Waals surface area contributed by atoms with E-state index in [2.05, 4.69) is 0 Å². The molecule has 0 aliphatic rings. The molecule has 0 aliphatic heterocycles. The molecule has 0 fully saturated rings. The number of thioether (sulfide) groups is 1. The lowest BCUT2D eigenvalue weighted by atomic mass is 10.1. The van der Waals surface area contributed by atoms with Crippen LogP contribution in [0.5, 0.6) is 0 Å². The van der Waals surface area contributed by atoms with Crippen LogP contribution in [0.15, 0.2) is 23.1 Å². The summed E-state index contributed by atoms with van der Waals surface area (Å²) < 4.78 is 37.5. The maximum atomic E-state index is 12.5. The number of nitrogens with zero attached hydrogens (tertiary/aromatic N) is 1. The predicted molar refractivity (Wildman–Crippen MR) is 61.8 cm³/mol. The maximum absolute atomic E-state index is 12.5. The molecule has 0 heterocycles. The lowest BCUT2D eigenvalue weighted by molar-refractivity contribution is -0.137. The summed E-state index contributed by atoms with van der Waals surface area (Å²) in [5.74, 6) is 0.729. The molecule has 0 saturated heterocycles. The minimum atomic E-state index is -4.35. The summed E-state index contributed by atoms with van der Waals surface area (Å²) in [6.45, 7) is 2.01. The Balaban J connectivity index is 2.96. The highest BCUT2D eigenvalue weighted by Crippen LogP contribution is 2.33. The summed E-state index contributed by atoms with van der Waals surface area (Å²) in [7, 11) is 0. The van der Waals surface area contributed by atoms with Crippen molar-refractivity contribution in [3.8, 4) is 6.07 Å². The fourth-order valence-electron chi connectivity index (χ4n) is 1.24. The first-order chi connectivity index (χ1) is 7.99. The van der Waals surface area contributed by atoms with Crippen LogP contribution in [0.25, 0.3) is 0 Å². The molecular formula is C12H12F3NS. The van der Waals surface area contributed by atoms with Gasteiger partial charge in [0.25, 0.3) is 0 Å². The van der Waals surface area contributed by atoms with E-state index in [1.54, 1.807) is 0 Å². The van der Waals surface area contributed by atoms with Gasteiger partial charge >= 0.3 is 6.18 Å². The van der Waals surface area contributed by atoms with Gasteiger partial charge in [-0.15, -0.1) is 11.8 Å². The summed E-state index contributed by atoms with van der Waals surface area (Å²) in [4.78, 5) is 0.413. The number of rotatable bonds is 4. The van der Waals surface area contributed by atoms with Crippen LogP contribution in [0.3, 0.4) is 0 Å². The van der Waals surface area contributed by atoms with Crippen molar-refractivity contribution in [2.24, 2.45) is 0 Å². The first kappa shape index (κ1) is 13.9. The van der Waals surface area contributed by atoms with E-state index >= 15 is 0 Å². The molecule has 1 nitrogen and oxygen atoms in total. The van der Waals surface area contributed by atoms with Crippen LogP contribution >= 0.6 is 11.8 Å². The van der Waals surface area contributed by atoms with Crippen molar-refractivity contribution in [3.63, 3.8) is 0 Å². The topological polar surface area (TPSA) is 23.8 Å². The second kappa shape index (κ2) is 5.97. The summed E-state index contributed by atoms with van der Waals surface area (Å²) >= 11 is 1.30. The number of hydrogen-bond donors (Lipinski definition) is 0. The van der Waals surface area contributed by atoms with Gasteiger partial charge in [0, 0.05) is 4.90 Å². The van der Waals surface area contributed by atoms with E-state index in [0.717, 1.165) is 30.7 Å². The van der Waals surface area contributed by atoms with E-state index < -0.39 is 11.7 Å². The van der Waals surface area contributed by atoms with E-state index in [0.29, 0.717) is 10.5 Å². The molecule has 0 amide bonds. The molecule has 1 rings (SSSR count). The molecule has 0 unspecified atom stereocenters. The molecule has 0 aromatic heterocycles. The molecule has 1 aromatic rings. The highest BCUT2D eigenvalue weighted by molar-refractivity contribution is 7.99. The fourth-order valence-corrected chi connectivity index (χ4v) is 2.37. The summed E-state index contributed by atoms with van der Waals surface area (Å²) in [5, 5.41) is 8.82. The van der Waals surface area contributed by atoms with Crippen LogP contribution in [0.4, 0.5) is 13.2 Å². The van der Waals surface area contributed by atoms with Crippen LogP contribution in [0.1, 0.15) is 30.9 Å². The SMILES string of the molecule is CCCCSc1cc(C(F)(F)F)ccc1C#N. The molecule has 0 N–H and O–H groups in total. The van der Waals surface area contributed by atoms with Crippen molar-refractivity contribution in [1.82, 2.24) is 0 Å². The number of nitriles is 1. The van der Waals surface area contributed by atoms with E-state index in [9.17, 15) is 13.2 Å². The molecule has 0 bridgehead atoms. The molecule has 0 saturated carbocycles. The molecule has 1 aromatic carbocycles. The number of unbranched alkanes of at least 4 members (excludes halogenated alkanes) is 1. The van der Waals surface area contributed by atoms with Gasteiger partial charge in [-0.25, -0.2) is 0 Å². The molecular weight excluding hydrogens is 247 g/mol. The average molecular weight is 259 g/mol. The van der Waals surface area contributed by atoms with Gasteiger partial charge in [0.1, 0.15) is 6.07 Å². The van der Waals surface area contributed by atoms with Gasteiger partial charge in [0.15, 0.2) is 0 Å². The van der Waals surface area contributed by atoms with Gasteiger partial charge in [0.2, 0.25) is 0 Å². The first-order valence-corrected chi connectivity index (χ1v) is 6.21. The number of hydrogen-bond acceptors (Lipinski definition) is 2. The van der Waals surface area contributed by atoms with Crippen molar-refractivity contribution in [2.45, 2.75) is 30.8 Å². The van der Waals surface area contributed by atoms with E-state index in [1.807, 2.05) is 13.0 Å². The zero-order valence-electron chi connectivity index (χ0n) is 9.34. The highest BCUT2D eigenvalue weighted by atomic mass is 32.2. The van der Waals surface area contributed by atoms with Crippen LogP contribution in [0.2, 0.25) is 0 Å². The molecule has 0 atom stereocenters. The van der Waals surface area contributed by atoms with Gasteiger partial charge in [-0.2, -0.15) is 18.4 Å². The Bertz CT molecular complexity index is 421. The Morgan fingerprint density at radius 2 is 2.06 bits per heavy atom. The predicted octanol–water partition coefficient (Wildman–Crippen LogP) is 4.47. The zero-order valence-corrected chi connectivity index (χ0v) is 10.2. The monoisotopic (exact) mass is 259 g/mol. The summed E-state index contributed by atoms with van der Waals surface area (Å²) in [6, 6.07) is 5.15. The summed E-state index contributed by atoms with van der Waals surface area (Å²) in [5.41, 5.74) is -0.394. The molecule has 0 aliphatic carbocycles. The van der Waals surface area contributed by atoms with Crippen molar-refractivity contribution in [1.29, 1.82) is 5.26 Å². The summed E-state index contributed by atoms with van der Waals surface area (Å²) in [6.07, 6.45) is -2.45. The highest BCUT2D eigenvalue weighted by Gasteiger charge is 2.31. The largest absolute Gasteiger partial charge is 0.416 e. The van der Waals surface area contributed by atoms with Crippen LogP contribution in [-0.2, 0) is 6.18 Å². The van der Waals surface area contributed by atoms with Crippen molar-refractivity contribution >= 4 is 11.8 Å². The molecule has 5 heteroatoms. The fraction of sp³-hybridized carbons (Fsp3) is 0.417. The van der Waals surface area contributed by atoms with Gasteiger partial charge < -0.3 is 0 Å². The van der Waals surface area contributed by atoms with Gasteiger partial charge in [-0.05, 0) is 30.4 Å². The van der Waals surface area contributed by atoms with Crippen LogP contribution in [0, 0.1) is 11.3 Å². The second-order valence-corrected chi connectivity index (χ2v) is 4.66. The van der Waals surface area contributed by atoms with E-state index in [4.69, 9.17) is 5.26 Å². The molecule has 0 radical (unpaired) electrons. The molecule has 92 valence electrons.